The first kappa shape index (κ1) is 26.8. The van der Waals surface area contributed by atoms with Crippen molar-refractivity contribution in [1.82, 2.24) is 19.0 Å². The van der Waals surface area contributed by atoms with Crippen LogP contribution in [0.1, 0.15) is 20.8 Å². The van der Waals surface area contributed by atoms with E-state index in [0.29, 0.717) is 27.8 Å². The number of piperazine rings is 1. The minimum absolute atomic E-state index is 0.0735. The number of aromatic nitrogens is 3. The van der Waals surface area contributed by atoms with Gasteiger partial charge in [0, 0.05) is 75.0 Å². The van der Waals surface area contributed by atoms with Gasteiger partial charge in [0.1, 0.15) is 17.3 Å². The largest absolute Gasteiger partial charge is 0.505 e. The molecule has 2 aromatic carbocycles. The molecule has 1 fully saturated rings. The molecule has 0 aliphatic carbocycles. The molecule has 39 heavy (non-hydrogen) atoms. The Morgan fingerprint density at radius 3 is 2.33 bits per heavy atom. The Labute approximate surface area is 234 Å². The molecule has 1 aliphatic heterocycles. The second-order valence-corrected chi connectivity index (χ2v) is 11.3. The highest BCUT2D eigenvalue weighted by molar-refractivity contribution is 6.32. The van der Waals surface area contributed by atoms with Crippen LogP contribution in [0.15, 0.2) is 65.7 Å². The number of anilines is 2. The van der Waals surface area contributed by atoms with Gasteiger partial charge < -0.3 is 19.9 Å². The van der Waals surface area contributed by atoms with Crippen molar-refractivity contribution in [3.05, 3.63) is 76.4 Å². The molecular weight excluding hydrogens is 512 g/mol. The molecule has 0 atom stereocenters. The molecule has 3 heterocycles. The van der Waals surface area contributed by atoms with E-state index in [0.717, 1.165) is 43.0 Å². The smallest absolute Gasteiger partial charge is 0.332 e. The number of benzene rings is 2. The first-order valence-electron chi connectivity index (χ1n) is 13.1. The van der Waals surface area contributed by atoms with Gasteiger partial charge in [0.05, 0.1) is 10.7 Å². The maximum absolute atomic E-state index is 12.4. The summed E-state index contributed by atoms with van der Waals surface area (Å²) in [5.41, 5.74) is 4.31. The average molecular weight is 547 g/mol. The third-order valence-corrected chi connectivity index (χ3v) is 7.73. The number of imidazole rings is 1. The van der Waals surface area contributed by atoms with Crippen molar-refractivity contribution in [3.8, 4) is 33.8 Å². The van der Waals surface area contributed by atoms with Crippen LogP contribution in [0.3, 0.4) is 0 Å². The van der Waals surface area contributed by atoms with E-state index in [-0.39, 0.29) is 17.0 Å². The lowest BCUT2D eigenvalue weighted by atomic mass is 10.0. The van der Waals surface area contributed by atoms with E-state index in [2.05, 4.69) is 48.0 Å². The van der Waals surface area contributed by atoms with Gasteiger partial charge in [-0.1, -0.05) is 29.8 Å². The highest BCUT2D eigenvalue weighted by Crippen LogP contribution is 2.41. The van der Waals surface area contributed by atoms with Gasteiger partial charge in [-0.15, -0.1) is 0 Å². The van der Waals surface area contributed by atoms with Gasteiger partial charge in [-0.25, -0.2) is 9.78 Å². The molecule has 0 amide bonds. The van der Waals surface area contributed by atoms with Crippen LogP contribution in [0.4, 0.5) is 11.5 Å². The van der Waals surface area contributed by atoms with Crippen LogP contribution in [0.5, 0.6) is 5.75 Å². The van der Waals surface area contributed by atoms with Crippen molar-refractivity contribution in [2.45, 2.75) is 26.3 Å². The van der Waals surface area contributed by atoms with E-state index < -0.39 is 0 Å². The topological polar surface area (TPSA) is 78.6 Å². The summed E-state index contributed by atoms with van der Waals surface area (Å²) in [5, 5.41) is 15.0. The number of hydrogen-bond donors (Lipinski definition) is 2. The Morgan fingerprint density at radius 1 is 0.974 bits per heavy atom. The van der Waals surface area contributed by atoms with E-state index in [4.69, 9.17) is 16.6 Å². The number of hydrogen-bond acceptors (Lipinski definition) is 6. The maximum Gasteiger partial charge on any atom is 0.332 e. The molecule has 0 unspecified atom stereocenters. The Balaban J connectivity index is 1.49. The van der Waals surface area contributed by atoms with Crippen molar-refractivity contribution in [3.63, 3.8) is 0 Å². The summed E-state index contributed by atoms with van der Waals surface area (Å²) in [7, 11) is 3.49. The summed E-state index contributed by atoms with van der Waals surface area (Å²) in [6.45, 7) is 10.7. The SMILES string of the molecule is CNc1cc(-c2ccc(-n3ccn(C)c3=O)c(Cl)c2)c(O)c(-c2cccc(N3CCN(C(C)(C)C)CC3)c2)n1. The second kappa shape index (κ2) is 10.4. The molecule has 2 N–H and O–H groups in total. The number of aromatic hydroxyl groups is 1. The monoisotopic (exact) mass is 546 g/mol. The number of pyridine rings is 1. The van der Waals surface area contributed by atoms with Gasteiger partial charge in [-0.05, 0) is 56.7 Å². The lowest BCUT2D eigenvalue weighted by Crippen LogP contribution is -2.53. The minimum Gasteiger partial charge on any atom is -0.505 e. The van der Waals surface area contributed by atoms with Crippen LogP contribution >= 0.6 is 11.6 Å². The van der Waals surface area contributed by atoms with Gasteiger partial charge in [-0.3, -0.25) is 9.47 Å². The summed E-state index contributed by atoms with van der Waals surface area (Å²) in [4.78, 5) is 22.0. The number of rotatable bonds is 5. The zero-order valence-electron chi connectivity index (χ0n) is 23.1. The Hall–Kier alpha value is -3.75. The summed E-state index contributed by atoms with van der Waals surface area (Å²) >= 11 is 6.63. The van der Waals surface area contributed by atoms with E-state index in [1.165, 1.54) is 9.13 Å². The van der Waals surface area contributed by atoms with E-state index >= 15 is 0 Å². The van der Waals surface area contributed by atoms with Crippen LogP contribution in [-0.4, -0.2) is 62.9 Å². The molecule has 9 heteroatoms. The summed E-state index contributed by atoms with van der Waals surface area (Å²) in [6, 6.07) is 15.4. The van der Waals surface area contributed by atoms with E-state index in [9.17, 15) is 9.90 Å². The minimum atomic E-state index is -0.184. The lowest BCUT2D eigenvalue weighted by Gasteiger charge is -2.43. The average Bonchev–Trinajstić information content (AvgIpc) is 3.26. The van der Waals surface area contributed by atoms with Gasteiger partial charge in [0.15, 0.2) is 0 Å². The molecule has 0 spiro atoms. The molecule has 8 nitrogen and oxygen atoms in total. The van der Waals surface area contributed by atoms with Gasteiger partial charge in [0.25, 0.3) is 0 Å². The molecule has 0 bridgehead atoms. The quantitative estimate of drug-likeness (QED) is 0.357. The van der Waals surface area contributed by atoms with Crippen LogP contribution < -0.4 is 15.9 Å². The molecule has 2 aromatic heterocycles. The number of aryl methyl sites for hydroxylation is 1. The predicted molar refractivity (Wildman–Crippen MR) is 159 cm³/mol. The van der Waals surface area contributed by atoms with E-state index in [1.54, 1.807) is 44.7 Å². The summed E-state index contributed by atoms with van der Waals surface area (Å²) < 4.78 is 2.98. The Morgan fingerprint density at radius 2 is 1.72 bits per heavy atom. The third kappa shape index (κ3) is 5.27. The molecule has 5 rings (SSSR count). The zero-order valence-corrected chi connectivity index (χ0v) is 23.8. The van der Waals surface area contributed by atoms with Crippen LogP contribution in [0.25, 0.3) is 28.1 Å². The molecule has 4 aromatic rings. The van der Waals surface area contributed by atoms with Gasteiger partial charge in [0.2, 0.25) is 0 Å². The number of nitrogens with zero attached hydrogens (tertiary/aromatic N) is 5. The number of nitrogens with one attached hydrogen (secondary N) is 1. The Bertz CT molecular complexity index is 1560. The number of halogens is 1. The molecule has 1 aliphatic rings. The second-order valence-electron chi connectivity index (χ2n) is 10.9. The van der Waals surface area contributed by atoms with Gasteiger partial charge in [-0.2, -0.15) is 0 Å². The predicted octanol–water partition coefficient (Wildman–Crippen LogP) is 5.23. The van der Waals surface area contributed by atoms with Crippen LogP contribution in [-0.2, 0) is 7.05 Å². The maximum atomic E-state index is 12.4. The highest BCUT2D eigenvalue weighted by atomic mass is 35.5. The molecular formula is C30H35ClN6O2. The fraction of sp³-hybridized carbons (Fsp3) is 0.333. The fourth-order valence-corrected chi connectivity index (χ4v) is 5.36. The highest BCUT2D eigenvalue weighted by Gasteiger charge is 2.26. The van der Waals surface area contributed by atoms with Crippen LogP contribution in [0, 0.1) is 0 Å². The first-order valence-corrected chi connectivity index (χ1v) is 13.5. The fourth-order valence-electron chi connectivity index (χ4n) is 5.09. The van der Waals surface area contributed by atoms with Crippen molar-refractivity contribution < 1.29 is 5.11 Å². The molecule has 0 radical (unpaired) electrons. The third-order valence-electron chi connectivity index (χ3n) is 7.43. The molecule has 204 valence electrons. The zero-order chi connectivity index (χ0) is 27.9. The molecule has 0 saturated carbocycles. The normalized spacial score (nSPS) is 14.6. The summed E-state index contributed by atoms with van der Waals surface area (Å²) in [5.74, 6) is 0.700. The summed E-state index contributed by atoms with van der Waals surface area (Å²) in [6.07, 6.45) is 3.37. The van der Waals surface area contributed by atoms with Crippen molar-refractivity contribution in [2.75, 3.05) is 43.4 Å². The van der Waals surface area contributed by atoms with Crippen molar-refractivity contribution >= 4 is 23.1 Å². The van der Waals surface area contributed by atoms with Crippen molar-refractivity contribution in [2.24, 2.45) is 7.05 Å². The lowest BCUT2D eigenvalue weighted by molar-refractivity contribution is 0.128. The first-order chi connectivity index (χ1) is 18.6. The van der Waals surface area contributed by atoms with Crippen molar-refractivity contribution in [1.29, 1.82) is 0 Å². The van der Waals surface area contributed by atoms with E-state index in [1.807, 2.05) is 18.2 Å². The Kier molecular flexibility index (Phi) is 7.18. The van der Waals surface area contributed by atoms with Crippen LogP contribution in [0.2, 0.25) is 5.02 Å². The standard InChI is InChI=1S/C30H35ClN6O2/c1-30(2,3)36-14-12-35(13-15-36)22-8-6-7-21(17-22)27-28(38)23(19-26(32-4)33-27)20-9-10-25(24(31)18-20)37-16-11-34(5)29(37)39/h6-11,16-19,38H,12-15H2,1-5H3,(H,32,33). The van der Waals surface area contributed by atoms with Gasteiger partial charge >= 0.3 is 5.69 Å². The molecule has 1 saturated heterocycles.